The zero-order chi connectivity index (χ0) is 15.3. The van der Waals surface area contributed by atoms with E-state index in [-0.39, 0.29) is 32.5 Å². The third-order valence-corrected chi connectivity index (χ3v) is 3.18. The summed E-state index contributed by atoms with van der Waals surface area (Å²) < 4.78 is 0.701. The van der Waals surface area contributed by atoms with Gasteiger partial charge in [-0.3, -0.25) is 4.79 Å². The second-order valence-corrected chi connectivity index (χ2v) is 4.72. The van der Waals surface area contributed by atoms with Crippen LogP contribution in [0.1, 0.15) is 36.2 Å². The number of carboxylic acids is 1. The van der Waals surface area contributed by atoms with Crippen molar-refractivity contribution in [1.82, 2.24) is 9.55 Å². The van der Waals surface area contributed by atoms with E-state index in [9.17, 15) is 19.8 Å². The maximum Gasteiger partial charge on any atom is 2.00 e. The molecule has 0 aliphatic heterocycles. The monoisotopic (exact) mass is 388 g/mol. The van der Waals surface area contributed by atoms with E-state index in [4.69, 9.17) is 11.5 Å². The number of carboxylic acid groups (broad SMARTS) is 1. The van der Waals surface area contributed by atoms with Gasteiger partial charge in [-0.25, -0.2) is 4.98 Å². The van der Waals surface area contributed by atoms with E-state index >= 15 is 0 Å². The Bertz CT molecular complexity index is 524. The van der Waals surface area contributed by atoms with E-state index in [1.54, 1.807) is 0 Å². The van der Waals surface area contributed by atoms with Gasteiger partial charge >= 0.3 is 20.4 Å². The number of aromatic nitrogens is 2. The number of carbonyl (C=O) groups is 1. The average Bonchev–Trinajstić information content (AvgIpc) is 2.39. The fraction of sp³-hybridized carbons (Fsp3) is 0.583. The van der Waals surface area contributed by atoms with Gasteiger partial charge in [0, 0.05) is 25.2 Å². The Morgan fingerprint density at radius 3 is 2.14 bits per heavy atom. The van der Waals surface area contributed by atoms with Gasteiger partial charge in [-0.05, 0) is 12.8 Å². The van der Waals surface area contributed by atoms with Gasteiger partial charge in [-0.2, -0.15) is 0 Å². The van der Waals surface area contributed by atoms with Crippen molar-refractivity contribution in [3.8, 4) is 6.01 Å². The molecule has 1 heterocycles. The molecule has 120 valence electrons. The summed E-state index contributed by atoms with van der Waals surface area (Å²) in [6.45, 7) is 0. The van der Waals surface area contributed by atoms with Crippen LogP contribution in [-0.2, 0) is 27.5 Å². The molecular formula is C12H18N4O4Pd. The van der Waals surface area contributed by atoms with Crippen LogP contribution in [0.15, 0.2) is 10.9 Å². The zero-order valence-electron chi connectivity index (χ0n) is 11.6. The molecule has 0 saturated heterocycles. The first-order chi connectivity index (χ1) is 9.32. The van der Waals surface area contributed by atoms with Crippen molar-refractivity contribution >= 4 is 5.97 Å². The summed E-state index contributed by atoms with van der Waals surface area (Å²) in [6, 6.07) is 0.394. The second-order valence-electron chi connectivity index (χ2n) is 4.72. The summed E-state index contributed by atoms with van der Waals surface area (Å²) in [5.74, 6) is -1.63. The minimum absolute atomic E-state index is 0. The van der Waals surface area contributed by atoms with Crippen molar-refractivity contribution in [3.63, 3.8) is 0 Å². The summed E-state index contributed by atoms with van der Waals surface area (Å²) in [4.78, 5) is 24.0. The van der Waals surface area contributed by atoms with Gasteiger partial charge < -0.3 is 31.0 Å². The van der Waals surface area contributed by atoms with Gasteiger partial charge in [0.2, 0.25) is 0 Å². The molecule has 0 radical (unpaired) electrons. The standard InChI is InChI=1S/C6H6N2O4.C6H14N2.Pd/c1-8-4(9)2-3(5(10)11)7-6(8)12;7-5-3-1-2-4-6(5)8;/h2H,1H3,(H,7,12)(H,10,11);5-6H,1-4,7-8H2;/q;;+2/p-2. The van der Waals surface area contributed by atoms with Crippen molar-refractivity contribution in [1.29, 1.82) is 0 Å². The molecule has 21 heavy (non-hydrogen) atoms. The van der Waals surface area contributed by atoms with Crippen LogP contribution in [0.4, 0.5) is 0 Å². The Morgan fingerprint density at radius 2 is 1.81 bits per heavy atom. The molecule has 0 aromatic carbocycles. The fourth-order valence-electron chi connectivity index (χ4n) is 1.81. The van der Waals surface area contributed by atoms with Crippen LogP contribution < -0.4 is 27.2 Å². The molecule has 2 atom stereocenters. The molecule has 1 aromatic rings. The Balaban J connectivity index is 0.000000390. The average molecular weight is 389 g/mol. The number of hydrogen-bond acceptors (Lipinski definition) is 7. The van der Waals surface area contributed by atoms with Gasteiger partial charge in [-0.1, -0.05) is 12.8 Å². The van der Waals surface area contributed by atoms with Crippen molar-refractivity contribution in [2.24, 2.45) is 18.5 Å². The van der Waals surface area contributed by atoms with E-state index in [1.165, 1.54) is 19.9 Å². The number of nitrogens with two attached hydrogens (primary N) is 2. The molecule has 2 unspecified atom stereocenters. The van der Waals surface area contributed by atoms with Crippen molar-refractivity contribution < 1.29 is 35.4 Å². The first-order valence-electron chi connectivity index (χ1n) is 6.30. The Kier molecular flexibility index (Phi) is 8.36. The van der Waals surface area contributed by atoms with Crippen LogP contribution in [-0.4, -0.2) is 27.6 Å². The van der Waals surface area contributed by atoms with Crippen LogP contribution in [0.25, 0.3) is 0 Å². The Hall–Kier alpha value is -1.27. The molecule has 1 fully saturated rings. The van der Waals surface area contributed by atoms with Crippen LogP contribution in [0.2, 0.25) is 0 Å². The molecule has 0 bridgehead atoms. The maximum absolute atomic E-state index is 10.8. The second kappa shape index (κ2) is 8.90. The quantitative estimate of drug-likeness (QED) is 0.502. The number of hydrogen-bond donors (Lipinski definition) is 2. The smallest absolute Gasteiger partial charge is 0.846 e. The largest absolute Gasteiger partial charge is 2.00 e. The van der Waals surface area contributed by atoms with Gasteiger partial charge in [0.1, 0.15) is 0 Å². The van der Waals surface area contributed by atoms with Crippen LogP contribution in [0.5, 0.6) is 6.01 Å². The van der Waals surface area contributed by atoms with E-state index in [0.29, 0.717) is 4.57 Å². The van der Waals surface area contributed by atoms with E-state index in [2.05, 4.69) is 4.98 Å². The normalized spacial score (nSPS) is 20.7. The van der Waals surface area contributed by atoms with Crippen LogP contribution in [0, 0.1) is 0 Å². The molecule has 2 rings (SSSR count). The van der Waals surface area contributed by atoms with E-state index < -0.39 is 23.2 Å². The number of carbonyl (C=O) groups excluding carboxylic acids is 1. The van der Waals surface area contributed by atoms with E-state index in [1.807, 2.05) is 0 Å². The van der Waals surface area contributed by atoms with Gasteiger partial charge in [0.05, 0.1) is 17.7 Å². The summed E-state index contributed by atoms with van der Waals surface area (Å²) in [5.41, 5.74) is 9.96. The topological polar surface area (TPSA) is 150 Å². The summed E-state index contributed by atoms with van der Waals surface area (Å²) in [6.07, 6.45) is 4.80. The minimum atomic E-state index is -1.63. The summed E-state index contributed by atoms with van der Waals surface area (Å²) >= 11 is 0. The first kappa shape index (κ1) is 19.7. The molecule has 0 spiro atoms. The SMILES string of the molecule is Cn1c([O-])nc(C(=O)[O-])cc1=O.NC1CCCCC1N.[Pd+2]. The van der Waals surface area contributed by atoms with Gasteiger partial charge in [0.25, 0.3) is 5.56 Å². The maximum atomic E-state index is 10.8. The molecule has 9 heteroatoms. The van der Waals surface area contributed by atoms with Crippen molar-refractivity contribution in [2.45, 2.75) is 37.8 Å². The molecule has 8 nitrogen and oxygen atoms in total. The Morgan fingerprint density at radius 1 is 1.33 bits per heavy atom. The summed E-state index contributed by atoms with van der Waals surface area (Å²) in [7, 11) is 1.21. The van der Waals surface area contributed by atoms with Crippen LogP contribution >= 0.6 is 0 Å². The molecule has 1 aliphatic carbocycles. The molecule has 1 aromatic heterocycles. The Labute approximate surface area is 135 Å². The molecule has 1 saturated carbocycles. The molecule has 0 amide bonds. The van der Waals surface area contributed by atoms with E-state index in [0.717, 1.165) is 18.9 Å². The zero-order valence-corrected chi connectivity index (χ0v) is 13.1. The third-order valence-electron chi connectivity index (χ3n) is 3.18. The van der Waals surface area contributed by atoms with Crippen molar-refractivity contribution in [3.05, 3.63) is 22.1 Å². The third kappa shape index (κ3) is 5.93. The molecule has 4 N–H and O–H groups in total. The number of nitrogens with zero attached hydrogens (tertiary/aromatic N) is 2. The summed E-state index contributed by atoms with van der Waals surface area (Å²) in [5, 5.41) is 20.9. The van der Waals surface area contributed by atoms with Crippen LogP contribution in [0.3, 0.4) is 0 Å². The molecular weight excluding hydrogens is 371 g/mol. The fourth-order valence-corrected chi connectivity index (χ4v) is 1.81. The van der Waals surface area contributed by atoms with Gasteiger partial charge in [-0.15, -0.1) is 0 Å². The predicted molar refractivity (Wildman–Crippen MR) is 67.7 cm³/mol. The molecule has 1 aliphatic rings. The van der Waals surface area contributed by atoms with Gasteiger partial charge in [0.15, 0.2) is 0 Å². The minimum Gasteiger partial charge on any atom is -0.846 e. The first-order valence-corrected chi connectivity index (χ1v) is 6.30. The number of aromatic carboxylic acids is 1. The van der Waals surface area contributed by atoms with Crippen molar-refractivity contribution in [2.75, 3.05) is 0 Å². The predicted octanol–water partition coefficient (Wildman–Crippen LogP) is -2.57. The number of rotatable bonds is 1.